The molecule has 0 spiro atoms. The molecule has 1 atom stereocenters. The fourth-order valence-electron chi connectivity index (χ4n) is 3.79. The number of ether oxygens (including phenoxy) is 2. The molecule has 3 rings (SSSR count). The van der Waals surface area contributed by atoms with Gasteiger partial charge in [-0.2, -0.15) is 0 Å². The highest BCUT2D eigenvalue weighted by atomic mass is 16.5. The third-order valence-electron chi connectivity index (χ3n) is 5.42. The van der Waals surface area contributed by atoms with Gasteiger partial charge in [-0.1, -0.05) is 6.07 Å². The first-order chi connectivity index (χ1) is 13.5. The molecule has 1 fully saturated rings. The van der Waals surface area contributed by atoms with E-state index in [0.29, 0.717) is 32.7 Å². The Labute approximate surface area is 165 Å². The van der Waals surface area contributed by atoms with Gasteiger partial charge in [0.05, 0.1) is 26.9 Å². The summed E-state index contributed by atoms with van der Waals surface area (Å²) in [5, 5.41) is 16.3. The summed E-state index contributed by atoms with van der Waals surface area (Å²) >= 11 is 0. The number of rotatable bonds is 6. The van der Waals surface area contributed by atoms with Crippen LogP contribution in [0.2, 0.25) is 0 Å². The second-order valence-corrected chi connectivity index (χ2v) is 7.30. The summed E-state index contributed by atoms with van der Waals surface area (Å²) in [4.78, 5) is 26.3. The van der Waals surface area contributed by atoms with E-state index >= 15 is 0 Å². The molecule has 1 heterocycles. The molecular formula is C20H29N3O5. The molecule has 1 aromatic carbocycles. The van der Waals surface area contributed by atoms with E-state index in [1.165, 1.54) is 0 Å². The lowest BCUT2D eigenvalue weighted by Gasteiger charge is -2.34. The number of nitrogens with zero attached hydrogens (tertiary/aromatic N) is 1. The first kappa shape index (κ1) is 20.6. The van der Waals surface area contributed by atoms with Crippen LogP contribution in [0.5, 0.6) is 5.75 Å². The summed E-state index contributed by atoms with van der Waals surface area (Å²) in [6, 6.07) is 5.55. The lowest BCUT2D eigenvalue weighted by atomic mass is 9.79. The number of carbonyl (C=O) groups excluding carboxylic acids is 2. The van der Waals surface area contributed by atoms with Crippen LogP contribution in [0.15, 0.2) is 18.2 Å². The van der Waals surface area contributed by atoms with Crippen molar-refractivity contribution in [3.63, 3.8) is 0 Å². The van der Waals surface area contributed by atoms with Crippen molar-refractivity contribution >= 4 is 11.8 Å². The molecule has 8 heteroatoms. The number of carbonyl (C=O) groups is 2. The number of aryl methyl sites for hydroxylation is 1. The summed E-state index contributed by atoms with van der Waals surface area (Å²) in [7, 11) is 1.61. The second-order valence-electron chi connectivity index (χ2n) is 7.30. The number of amides is 2. The van der Waals surface area contributed by atoms with Gasteiger partial charge in [0, 0.05) is 26.2 Å². The second kappa shape index (κ2) is 9.36. The Bertz CT molecular complexity index is 705. The Morgan fingerprint density at radius 3 is 2.75 bits per heavy atom. The minimum atomic E-state index is -1.18. The van der Waals surface area contributed by atoms with E-state index in [-0.39, 0.29) is 6.54 Å². The Morgan fingerprint density at radius 2 is 2.00 bits per heavy atom. The van der Waals surface area contributed by atoms with Crippen molar-refractivity contribution in [2.75, 3.05) is 53.0 Å². The monoisotopic (exact) mass is 391 g/mol. The number of aliphatic hydroxyl groups is 1. The maximum absolute atomic E-state index is 12.1. The Morgan fingerprint density at radius 1 is 1.25 bits per heavy atom. The number of benzene rings is 1. The predicted molar refractivity (Wildman–Crippen MR) is 103 cm³/mol. The average Bonchev–Trinajstić information content (AvgIpc) is 2.72. The number of fused-ring (bicyclic) bond motifs is 1. The van der Waals surface area contributed by atoms with Gasteiger partial charge in [-0.05, 0) is 42.5 Å². The Kier molecular flexibility index (Phi) is 6.88. The standard InChI is InChI=1S/C20H29N3O5/c1-27-16-4-5-17-15(13-16)3-2-6-20(17,26)14-22-19(25)18(24)21-7-8-23-9-11-28-12-10-23/h4-5,13,26H,2-3,6-12,14H2,1H3,(H,21,24)(H,22,25). The zero-order chi connectivity index (χ0) is 20.0. The summed E-state index contributed by atoms with van der Waals surface area (Å²) in [5.41, 5.74) is 0.619. The molecule has 154 valence electrons. The van der Waals surface area contributed by atoms with E-state index in [0.717, 1.165) is 42.8 Å². The zero-order valence-corrected chi connectivity index (χ0v) is 16.3. The number of nitrogens with one attached hydrogen (secondary N) is 2. The molecule has 0 bridgehead atoms. The summed E-state index contributed by atoms with van der Waals surface area (Å²) < 4.78 is 10.5. The molecule has 0 aromatic heterocycles. The molecule has 3 N–H and O–H groups in total. The average molecular weight is 391 g/mol. The fourth-order valence-corrected chi connectivity index (χ4v) is 3.79. The van der Waals surface area contributed by atoms with Crippen LogP contribution in [0, 0.1) is 0 Å². The summed E-state index contributed by atoms with van der Waals surface area (Å²) in [6.07, 6.45) is 2.19. The van der Waals surface area contributed by atoms with E-state index in [1.807, 2.05) is 12.1 Å². The first-order valence-electron chi connectivity index (χ1n) is 9.78. The highest BCUT2D eigenvalue weighted by Crippen LogP contribution is 2.36. The van der Waals surface area contributed by atoms with Crippen LogP contribution in [-0.2, 0) is 26.3 Å². The van der Waals surface area contributed by atoms with E-state index in [4.69, 9.17) is 9.47 Å². The van der Waals surface area contributed by atoms with Gasteiger partial charge in [0.1, 0.15) is 11.4 Å². The lowest BCUT2D eigenvalue weighted by Crippen LogP contribution is -2.49. The molecular weight excluding hydrogens is 362 g/mol. The molecule has 2 aliphatic rings. The maximum Gasteiger partial charge on any atom is 0.309 e. The molecule has 0 saturated carbocycles. The van der Waals surface area contributed by atoms with E-state index < -0.39 is 17.4 Å². The molecule has 1 aromatic rings. The number of morpholine rings is 1. The zero-order valence-electron chi connectivity index (χ0n) is 16.3. The van der Waals surface area contributed by atoms with Crippen molar-refractivity contribution in [3.8, 4) is 5.75 Å². The van der Waals surface area contributed by atoms with Crippen LogP contribution in [0.4, 0.5) is 0 Å². The molecule has 2 amide bonds. The number of hydrogen-bond donors (Lipinski definition) is 3. The molecule has 1 aliphatic carbocycles. The summed E-state index contributed by atoms with van der Waals surface area (Å²) in [5.74, 6) is -0.662. The quantitative estimate of drug-likeness (QED) is 0.580. The molecule has 1 unspecified atom stereocenters. The van der Waals surface area contributed by atoms with Gasteiger partial charge in [0.2, 0.25) is 0 Å². The topological polar surface area (TPSA) is 100 Å². The van der Waals surface area contributed by atoms with Gasteiger partial charge in [0.15, 0.2) is 0 Å². The van der Waals surface area contributed by atoms with Gasteiger partial charge >= 0.3 is 11.8 Å². The Balaban J connectivity index is 1.49. The predicted octanol–water partition coefficient (Wildman–Crippen LogP) is -0.216. The third kappa shape index (κ3) is 5.01. The normalized spacial score (nSPS) is 22.2. The highest BCUT2D eigenvalue weighted by Gasteiger charge is 2.35. The molecule has 0 radical (unpaired) electrons. The van der Waals surface area contributed by atoms with Crippen LogP contribution < -0.4 is 15.4 Å². The number of hydrogen-bond acceptors (Lipinski definition) is 6. The van der Waals surface area contributed by atoms with Crippen LogP contribution in [0.3, 0.4) is 0 Å². The van der Waals surface area contributed by atoms with Gasteiger partial charge in [-0.15, -0.1) is 0 Å². The van der Waals surface area contributed by atoms with Gasteiger partial charge < -0.3 is 25.2 Å². The van der Waals surface area contributed by atoms with Crippen LogP contribution in [-0.4, -0.2) is 74.9 Å². The minimum absolute atomic E-state index is 0.00203. The van der Waals surface area contributed by atoms with Crippen molar-refractivity contribution in [1.29, 1.82) is 0 Å². The molecule has 1 aliphatic heterocycles. The largest absolute Gasteiger partial charge is 0.497 e. The molecule has 1 saturated heterocycles. The van der Waals surface area contributed by atoms with Crippen molar-refractivity contribution in [2.45, 2.75) is 24.9 Å². The highest BCUT2D eigenvalue weighted by molar-refractivity contribution is 6.35. The van der Waals surface area contributed by atoms with Gasteiger partial charge in [0.25, 0.3) is 0 Å². The summed E-state index contributed by atoms with van der Waals surface area (Å²) in [6.45, 7) is 4.14. The Hall–Kier alpha value is -2.16. The molecule has 8 nitrogen and oxygen atoms in total. The smallest absolute Gasteiger partial charge is 0.309 e. The molecule has 28 heavy (non-hydrogen) atoms. The van der Waals surface area contributed by atoms with Gasteiger partial charge in [-0.3, -0.25) is 14.5 Å². The van der Waals surface area contributed by atoms with Crippen molar-refractivity contribution < 1.29 is 24.2 Å². The van der Waals surface area contributed by atoms with Crippen LogP contribution >= 0.6 is 0 Å². The first-order valence-corrected chi connectivity index (χ1v) is 9.78. The lowest BCUT2D eigenvalue weighted by molar-refractivity contribution is -0.140. The van der Waals surface area contributed by atoms with E-state index in [2.05, 4.69) is 15.5 Å². The van der Waals surface area contributed by atoms with Crippen molar-refractivity contribution in [1.82, 2.24) is 15.5 Å². The van der Waals surface area contributed by atoms with E-state index in [1.54, 1.807) is 13.2 Å². The SMILES string of the molecule is COc1ccc2c(c1)CCCC2(O)CNC(=O)C(=O)NCCN1CCOCC1. The van der Waals surface area contributed by atoms with Crippen molar-refractivity contribution in [3.05, 3.63) is 29.3 Å². The van der Waals surface area contributed by atoms with Crippen LogP contribution in [0.25, 0.3) is 0 Å². The van der Waals surface area contributed by atoms with Gasteiger partial charge in [-0.25, -0.2) is 0 Å². The maximum atomic E-state index is 12.1. The fraction of sp³-hybridized carbons (Fsp3) is 0.600. The van der Waals surface area contributed by atoms with E-state index in [9.17, 15) is 14.7 Å². The minimum Gasteiger partial charge on any atom is -0.497 e. The van der Waals surface area contributed by atoms with Crippen LogP contribution in [0.1, 0.15) is 24.0 Å². The number of methoxy groups -OCH3 is 1. The third-order valence-corrected chi connectivity index (χ3v) is 5.42. The van der Waals surface area contributed by atoms with Crippen molar-refractivity contribution in [2.24, 2.45) is 0 Å².